The number of phenolic OH excluding ortho intramolecular Hbond substituents is 1. The Labute approximate surface area is 118 Å². The summed E-state index contributed by atoms with van der Waals surface area (Å²) >= 11 is 3.25. The van der Waals surface area contributed by atoms with E-state index in [1.165, 1.54) is 19.4 Å². The number of ether oxygens (including phenoxy) is 1. The van der Waals surface area contributed by atoms with Gasteiger partial charge in [0.05, 0.1) is 12.7 Å². The molecule has 19 heavy (non-hydrogen) atoms. The predicted octanol–water partition coefficient (Wildman–Crippen LogP) is 2.81. The highest BCUT2D eigenvalue weighted by atomic mass is 79.9. The van der Waals surface area contributed by atoms with Crippen LogP contribution in [0.4, 0.5) is 5.69 Å². The van der Waals surface area contributed by atoms with Crippen molar-refractivity contribution < 1.29 is 14.6 Å². The number of pyridine rings is 1. The molecule has 0 bridgehead atoms. The van der Waals surface area contributed by atoms with Gasteiger partial charge in [-0.1, -0.05) is 0 Å². The van der Waals surface area contributed by atoms with Crippen molar-refractivity contribution in [1.82, 2.24) is 4.98 Å². The Morgan fingerprint density at radius 3 is 2.79 bits per heavy atom. The first kappa shape index (κ1) is 13.4. The Bertz CT molecular complexity index is 617. The number of halogens is 1. The second-order valence-corrected chi connectivity index (χ2v) is 4.65. The number of hydrogen-bond donors (Lipinski definition) is 2. The number of benzene rings is 1. The van der Waals surface area contributed by atoms with E-state index in [0.29, 0.717) is 17.0 Å². The van der Waals surface area contributed by atoms with E-state index < -0.39 is 0 Å². The summed E-state index contributed by atoms with van der Waals surface area (Å²) in [4.78, 5) is 15.9. The third kappa shape index (κ3) is 3.23. The van der Waals surface area contributed by atoms with Gasteiger partial charge in [0, 0.05) is 28.6 Å². The predicted molar refractivity (Wildman–Crippen MR) is 74.5 cm³/mol. The number of anilines is 1. The Morgan fingerprint density at radius 2 is 2.16 bits per heavy atom. The van der Waals surface area contributed by atoms with E-state index in [1.54, 1.807) is 24.4 Å². The topological polar surface area (TPSA) is 71.5 Å². The summed E-state index contributed by atoms with van der Waals surface area (Å²) in [5, 5.41) is 12.3. The molecule has 0 aliphatic carbocycles. The fourth-order valence-electron chi connectivity index (χ4n) is 1.51. The highest BCUT2D eigenvalue weighted by molar-refractivity contribution is 9.10. The number of hydrogen-bond acceptors (Lipinski definition) is 4. The molecule has 0 saturated carbocycles. The number of amides is 1. The first-order valence-electron chi connectivity index (χ1n) is 5.39. The van der Waals surface area contributed by atoms with E-state index >= 15 is 0 Å². The molecular formula is C13H11BrN2O3. The van der Waals surface area contributed by atoms with Crippen molar-refractivity contribution in [2.45, 2.75) is 0 Å². The number of nitrogens with one attached hydrogen (secondary N) is 1. The van der Waals surface area contributed by atoms with Crippen molar-refractivity contribution in [1.29, 1.82) is 0 Å². The van der Waals surface area contributed by atoms with E-state index in [0.717, 1.165) is 4.47 Å². The Kier molecular flexibility index (Phi) is 4.01. The van der Waals surface area contributed by atoms with E-state index in [2.05, 4.69) is 26.2 Å². The third-order valence-corrected chi connectivity index (χ3v) is 2.84. The van der Waals surface area contributed by atoms with Crippen LogP contribution in [0.5, 0.6) is 11.5 Å². The van der Waals surface area contributed by atoms with Crippen LogP contribution in [0, 0.1) is 0 Å². The summed E-state index contributed by atoms with van der Waals surface area (Å²) in [6.45, 7) is 0. The molecule has 0 aliphatic rings. The monoisotopic (exact) mass is 322 g/mol. The van der Waals surface area contributed by atoms with Gasteiger partial charge in [0.2, 0.25) is 0 Å². The van der Waals surface area contributed by atoms with Crippen LogP contribution < -0.4 is 10.1 Å². The molecule has 6 heteroatoms. The van der Waals surface area contributed by atoms with Crippen LogP contribution in [0.15, 0.2) is 41.1 Å². The molecule has 1 amide bonds. The summed E-state index contributed by atoms with van der Waals surface area (Å²) in [5.74, 6) is 0.00755. The third-order valence-electron chi connectivity index (χ3n) is 2.40. The lowest BCUT2D eigenvalue weighted by atomic mass is 10.2. The Balaban J connectivity index is 2.17. The largest absolute Gasteiger partial charge is 0.504 e. The summed E-state index contributed by atoms with van der Waals surface area (Å²) in [7, 11) is 1.46. The van der Waals surface area contributed by atoms with E-state index in [-0.39, 0.29) is 11.7 Å². The number of aromatic hydroxyl groups is 1. The molecule has 0 radical (unpaired) electrons. The van der Waals surface area contributed by atoms with E-state index in [1.807, 2.05) is 0 Å². The normalized spacial score (nSPS) is 10.0. The number of phenols is 1. The molecule has 1 aromatic carbocycles. The summed E-state index contributed by atoms with van der Waals surface area (Å²) in [6, 6.07) is 6.29. The van der Waals surface area contributed by atoms with Gasteiger partial charge in [-0.3, -0.25) is 9.78 Å². The maximum absolute atomic E-state index is 11.9. The van der Waals surface area contributed by atoms with Crippen molar-refractivity contribution in [3.05, 3.63) is 46.7 Å². The summed E-state index contributed by atoms with van der Waals surface area (Å²) in [5.41, 5.74) is 0.896. The van der Waals surface area contributed by atoms with Gasteiger partial charge in [0.15, 0.2) is 11.5 Å². The molecule has 5 nitrogen and oxygen atoms in total. The average Bonchev–Trinajstić information content (AvgIpc) is 2.39. The zero-order valence-corrected chi connectivity index (χ0v) is 11.6. The lowest BCUT2D eigenvalue weighted by Crippen LogP contribution is -2.12. The molecule has 2 aromatic rings. The molecule has 0 unspecified atom stereocenters. The first-order chi connectivity index (χ1) is 9.10. The van der Waals surface area contributed by atoms with Crippen molar-refractivity contribution in [2.75, 3.05) is 12.4 Å². The molecule has 2 rings (SSSR count). The zero-order valence-electron chi connectivity index (χ0n) is 10.1. The number of rotatable bonds is 3. The van der Waals surface area contributed by atoms with Gasteiger partial charge in [-0.25, -0.2) is 0 Å². The van der Waals surface area contributed by atoms with E-state index in [9.17, 15) is 9.90 Å². The molecule has 0 fully saturated rings. The van der Waals surface area contributed by atoms with Gasteiger partial charge in [-0.2, -0.15) is 0 Å². The second kappa shape index (κ2) is 5.71. The lowest BCUT2D eigenvalue weighted by Gasteiger charge is -2.08. The van der Waals surface area contributed by atoms with Gasteiger partial charge in [0.1, 0.15) is 0 Å². The zero-order chi connectivity index (χ0) is 13.8. The van der Waals surface area contributed by atoms with Gasteiger partial charge >= 0.3 is 0 Å². The van der Waals surface area contributed by atoms with Crippen LogP contribution in [0.1, 0.15) is 10.4 Å². The maximum Gasteiger partial charge on any atom is 0.257 e. The minimum atomic E-state index is -0.307. The molecule has 0 saturated heterocycles. The first-order valence-corrected chi connectivity index (χ1v) is 6.18. The summed E-state index contributed by atoms with van der Waals surface area (Å²) in [6.07, 6.45) is 3.06. The van der Waals surface area contributed by atoms with Crippen molar-refractivity contribution in [3.63, 3.8) is 0 Å². The number of nitrogens with zero attached hydrogens (tertiary/aromatic N) is 1. The molecular weight excluding hydrogens is 312 g/mol. The molecule has 98 valence electrons. The smallest absolute Gasteiger partial charge is 0.257 e. The van der Waals surface area contributed by atoms with Crippen molar-refractivity contribution in [3.8, 4) is 11.5 Å². The average molecular weight is 323 g/mol. The molecule has 1 heterocycles. The quantitative estimate of drug-likeness (QED) is 0.911. The molecule has 2 N–H and O–H groups in total. The molecule has 0 atom stereocenters. The standard InChI is InChI=1S/C13H11BrN2O3/c1-19-12-3-2-10(5-11(12)17)16-13(18)8-4-9(14)7-15-6-8/h2-7,17H,1H3,(H,16,18). The van der Waals surface area contributed by atoms with Gasteiger partial charge < -0.3 is 15.2 Å². The van der Waals surface area contributed by atoms with Crippen LogP contribution in [0.2, 0.25) is 0 Å². The van der Waals surface area contributed by atoms with Crippen molar-refractivity contribution >= 4 is 27.5 Å². The summed E-state index contributed by atoms with van der Waals surface area (Å²) < 4.78 is 5.65. The van der Waals surface area contributed by atoms with E-state index in [4.69, 9.17) is 4.74 Å². The van der Waals surface area contributed by atoms with Gasteiger partial charge in [0.25, 0.3) is 5.91 Å². The Hall–Kier alpha value is -2.08. The van der Waals surface area contributed by atoms with Crippen LogP contribution >= 0.6 is 15.9 Å². The van der Waals surface area contributed by atoms with Crippen LogP contribution in [-0.2, 0) is 0 Å². The van der Waals surface area contributed by atoms with Gasteiger partial charge in [-0.15, -0.1) is 0 Å². The number of carbonyl (C=O) groups excluding carboxylic acids is 1. The number of methoxy groups -OCH3 is 1. The number of carbonyl (C=O) groups is 1. The maximum atomic E-state index is 11.9. The SMILES string of the molecule is COc1ccc(NC(=O)c2cncc(Br)c2)cc1O. The Morgan fingerprint density at radius 1 is 1.37 bits per heavy atom. The lowest BCUT2D eigenvalue weighted by molar-refractivity contribution is 0.102. The molecule has 0 spiro atoms. The van der Waals surface area contributed by atoms with Gasteiger partial charge in [-0.05, 0) is 34.1 Å². The minimum absolute atomic E-state index is 0.0346. The van der Waals surface area contributed by atoms with Crippen LogP contribution in [-0.4, -0.2) is 23.1 Å². The fraction of sp³-hybridized carbons (Fsp3) is 0.0769. The second-order valence-electron chi connectivity index (χ2n) is 3.73. The van der Waals surface area contributed by atoms with Crippen LogP contribution in [0.25, 0.3) is 0 Å². The van der Waals surface area contributed by atoms with Crippen LogP contribution in [0.3, 0.4) is 0 Å². The number of aromatic nitrogens is 1. The molecule has 0 aliphatic heterocycles. The molecule has 1 aromatic heterocycles. The minimum Gasteiger partial charge on any atom is -0.504 e. The fourth-order valence-corrected chi connectivity index (χ4v) is 1.87. The highest BCUT2D eigenvalue weighted by Gasteiger charge is 2.09. The van der Waals surface area contributed by atoms with Crippen molar-refractivity contribution in [2.24, 2.45) is 0 Å². The highest BCUT2D eigenvalue weighted by Crippen LogP contribution is 2.28.